The van der Waals surface area contributed by atoms with Gasteiger partial charge in [0.1, 0.15) is 0 Å². The van der Waals surface area contributed by atoms with Crippen molar-refractivity contribution in [2.75, 3.05) is 6.61 Å². The maximum absolute atomic E-state index is 11.2. The molecule has 0 bridgehead atoms. The quantitative estimate of drug-likeness (QED) is 0.543. The number of esters is 1. The highest BCUT2D eigenvalue weighted by molar-refractivity contribution is 5.76. The minimum atomic E-state index is -0.799. The van der Waals surface area contributed by atoms with Gasteiger partial charge < -0.3 is 14.6 Å². The van der Waals surface area contributed by atoms with Gasteiger partial charge in [-0.05, 0) is 6.42 Å². The van der Waals surface area contributed by atoms with Gasteiger partial charge in [0.2, 0.25) is 5.79 Å². The molecule has 4 heteroatoms. The monoisotopic (exact) mass is 200 g/mol. The Kier molecular flexibility index (Phi) is 3.66. The van der Waals surface area contributed by atoms with Crippen LogP contribution >= 0.6 is 0 Å². The number of ether oxygens (including phenoxy) is 2. The number of rotatable bonds is 4. The van der Waals surface area contributed by atoms with Gasteiger partial charge in [0.15, 0.2) is 6.10 Å². The Morgan fingerprint density at radius 1 is 1.50 bits per heavy atom. The SMILES string of the molecule is CC1(C)OC(=O)[C@@H](C/C=C\CCO)O1. The van der Waals surface area contributed by atoms with Gasteiger partial charge in [0.25, 0.3) is 0 Å². The van der Waals surface area contributed by atoms with Crippen molar-refractivity contribution in [2.45, 2.75) is 38.6 Å². The van der Waals surface area contributed by atoms with Crippen molar-refractivity contribution in [3.05, 3.63) is 12.2 Å². The maximum atomic E-state index is 11.2. The summed E-state index contributed by atoms with van der Waals surface area (Å²) in [7, 11) is 0. The Balaban J connectivity index is 2.36. The van der Waals surface area contributed by atoms with Gasteiger partial charge in [-0.25, -0.2) is 4.79 Å². The largest absolute Gasteiger partial charge is 0.432 e. The van der Waals surface area contributed by atoms with Crippen molar-refractivity contribution in [1.29, 1.82) is 0 Å². The van der Waals surface area contributed by atoms with Crippen LogP contribution in [-0.4, -0.2) is 29.6 Å². The first-order valence-corrected chi connectivity index (χ1v) is 4.72. The number of carbonyl (C=O) groups is 1. The molecule has 0 aromatic rings. The maximum Gasteiger partial charge on any atom is 0.338 e. The van der Waals surface area contributed by atoms with Gasteiger partial charge in [-0.15, -0.1) is 0 Å². The molecule has 1 N–H and O–H groups in total. The number of hydrogen-bond donors (Lipinski definition) is 1. The van der Waals surface area contributed by atoms with Crippen molar-refractivity contribution in [3.63, 3.8) is 0 Å². The summed E-state index contributed by atoms with van der Waals surface area (Å²) < 4.78 is 10.3. The molecule has 1 aliphatic heterocycles. The minimum Gasteiger partial charge on any atom is -0.432 e. The Hall–Kier alpha value is -0.870. The van der Waals surface area contributed by atoms with Gasteiger partial charge in [0, 0.05) is 26.9 Å². The molecule has 0 amide bonds. The van der Waals surface area contributed by atoms with E-state index in [0.29, 0.717) is 12.8 Å². The topological polar surface area (TPSA) is 55.8 Å². The van der Waals surface area contributed by atoms with Crippen LogP contribution in [0.2, 0.25) is 0 Å². The highest BCUT2D eigenvalue weighted by Gasteiger charge is 2.39. The molecule has 0 aromatic carbocycles. The lowest BCUT2D eigenvalue weighted by Crippen LogP contribution is -2.21. The molecule has 0 aliphatic carbocycles. The van der Waals surface area contributed by atoms with E-state index in [1.165, 1.54) is 0 Å². The summed E-state index contributed by atoms with van der Waals surface area (Å²) in [5.74, 6) is -1.12. The average molecular weight is 200 g/mol. The lowest BCUT2D eigenvalue weighted by atomic mass is 10.2. The summed E-state index contributed by atoms with van der Waals surface area (Å²) in [6.07, 6.45) is 4.25. The van der Waals surface area contributed by atoms with Gasteiger partial charge in [-0.2, -0.15) is 0 Å². The number of cyclic esters (lactones) is 1. The second-order valence-corrected chi connectivity index (χ2v) is 3.65. The molecule has 0 aromatic heterocycles. The van der Waals surface area contributed by atoms with E-state index in [4.69, 9.17) is 14.6 Å². The molecule has 1 atom stereocenters. The van der Waals surface area contributed by atoms with Crippen LogP contribution in [0, 0.1) is 0 Å². The van der Waals surface area contributed by atoms with Crippen LogP contribution in [-0.2, 0) is 14.3 Å². The molecule has 1 rings (SSSR count). The van der Waals surface area contributed by atoms with E-state index in [9.17, 15) is 4.79 Å². The number of aliphatic hydroxyl groups excluding tert-OH is 1. The van der Waals surface area contributed by atoms with Crippen LogP contribution in [0.5, 0.6) is 0 Å². The van der Waals surface area contributed by atoms with Gasteiger partial charge in [0.05, 0.1) is 0 Å². The predicted octanol–water partition coefficient (Wildman–Crippen LogP) is 0.993. The van der Waals surface area contributed by atoms with Gasteiger partial charge >= 0.3 is 5.97 Å². The lowest BCUT2D eigenvalue weighted by molar-refractivity contribution is -0.160. The molecule has 1 aliphatic rings. The summed E-state index contributed by atoms with van der Waals surface area (Å²) >= 11 is 0. The third-order valence-corrected chi connectivity index (χ3v) is 1.85. The Bertz CT molecular complexity index is 232. The standard InChI is InChI=1S/C10H16O4/c1-10(2)13-8(9(12)14-10)6-4-3-5-7-11/h3-4,8,11H,5-7H2,1-2H3/b4-3-/t8-/m1/s1. The molecular formula is C10H16O4. The second kappa shape index (κ2) is 4.57. The van der Waals surface area contributed by atoms with E-state index in [0.717, 1.165) is 0 Å². The molecule has 0 spiro atoms. The van der Waals surface area contributed by atoms with E-state index >= 15 is 0 Å². The molecule has 1 fully saturated rings. The molecule has 14 heavy (non-hydrogen) atoms. The van der Waals surface area contributed by atoms with Crippen LogP contribution in [0.25, 0.3) is 0 Å². The molecule has 1 heterocycles. The summed E-state index contributed by atoms with van der Waals surface area (Å²) in [6, 6.07) is 0. The highest BCUT2D eigenvalue weighted by Crippen LogP contribution is 2.25. The van der Waals surface area contributed by atoms with E-state index < -0.39 is 11.9 Å². The first kappa shape index (κ1) is 11.2. The third-order valence-electron chi connectivity index (χ3n) is 1.85. The van der Waals surface area contributed by atoms with E-state index in [-0.39, 0.29) is 12.6 Å². The Morgan fingerprint density at radius 3 is 2.71 bits per heavy atom. The van der Waals surface area contributed by atoms with E-state index in [1.54, 1.807) is 13.8 Å². The smallest absolute Gasteiger partial charge is 0.338 e. The Labute approximate surface area is 83.5 Å². The van der Waals surface area contributed by atoms with Crippen LogP contribution in [0.3, 0.4) is 0 Å². The Morgan fingerprint density at radius 2 is 2.21 bits per heavy atom. The predicted molar refractivity (Wildman–Crippen MR) is 50.5 cm³/mol. The molecule has 80 valence electrons. The zero-order valence-corrected chi connectivity index (χ0v) is 8.53. The van der Waals surface area contributed by atoms with E-state index in [2.05, 4.69) is 0 Å². The second-order valence-electron chi connectivity index (χ2n) is 3.65. The molecular weight excluding hydrogens is 184 g/mol. The van der Waals surface area contributed by atoms with Crippen LogP contribution < -0.4 is 0 Å². The van der Waals surface area contributed by atoms with Gasteiger partial charge in [-0.3, -0.25) is 0 Å². The van der Waals surface area contributed by atoms with Crippen LogP contribution in [0.1, 0.15) is 26.7 Å². The van der Waals surface area contributed by atoms with Crippen molar-refractivity contribution < 1.29 is 19.4 Å². The number of hydrogen-bond acceptors (Lipinski definition) is 4. The highest BCUT2D eigenvalue weighted by atomic mass is 16.8. The van der Waals surface area contributed by atoms with Crippen molar-refractivity contribution in [3.8, 4) is 0 Å². The van der Waals surface area contributed by atoms with Gasteiger partial charge in [-0.1, -0.05) is 12.2 Å². The fourth-order valence-electron chi connectivity index (χ4n) is 1.28. The number of carbonyl (C=O) groups excluding carboxylic acids is 1. The van der Waals surface area contributed by atoms with E-state index in [1.807, 2.05) is 12.2 Å². The summed E-state index contributed by atoms with van der Waals surface area (Å²) in [5.41, 5.74) is 0. The summed E-state index contributed by atoms with van der Waals surface area (Å²) in [4.78, 5) is 11.2. The summed E-state index contributed by atoms with van der Waals surface area (Å²) in [6.45, 7) is 3.54. The zero-order chi connectivity index (χ0) is 10.6. The lowest BCUT2D eigenvalue weighted by Gasteiger charge is -2.14. The van der Waals surface area contributed by atoms with Crippen LogP contribution in [0.15, 0.2) is 12.2 Å². The summed E-state index contributed by atoms with van der Waals surface area (Å²) in [5, 5.41) is 8.52. The minimum absolute atomic E-state index is 0.123. The molecule has 0 unspecified atom stereocenters. The molecule has 0 radical (unpaired) electrons. The van der Waals surface area contributed by atoms with Crippen molar-refractivity contribution in [1.82, 2.24) is 0 Å². The first-order valence-electron chi connectivity index (χ1n) is 4.72. The fraction of sp³-hybridized carbons (Fsp3) is 0.700. The molecule has 4 nitrogen and oxygen atoms in total. The fourth-order valence-corrected chi connectivity index (χ4v) is 1.28. The molecule has 1 saturated heterocycles. The average Bonchev–Trinajstić information content (AvgIpc) is 2.34. The van der Waals surface area contributed by atoms with Crippen LogP contribution in [0.4, 0.5) is 0 Å². The normalized spacial score (nSPS) is 25.6. The third kappa shape index (κ3) is 3.12. The first-order chi connectivity index (χ1) is 6.55. The zero-order valence-electron chi connectivity index (χ0n) is 8.53. The number of aliphatic hydroxyl groups is 1. The van der Waals surface area contributed by atoms with Crippen molar-refractivity contribution >= 4 is 5.97 Å². The van der Waals surface area contributed by atoms with Crippen molar-refractivity contribution in [2.24, 2.45) is 0 Å². The molecule has 0 saturated carbocycles.